The first-order valence-electron chi connectivity index (χ1n) is 42.4. The third kappa shape index (κ3) is 28.8. The third-order valence-electron chi connectivity index (χ3n) is 22.7. The number of nitrogens with one attached hydrogen (secondary N) is 10. The van der Waals surface area contributed by atoms with Crippen LogP contribution in [0.1, 0.15) is 94.7 Å². The Morgan fingerprint density at radius 1 is 0.443 bits per heavy atom. The van der Waals surface area contributed by atoms with E-state index in [1.54, 1.807) is 119 Å². The lowest BCUT2D eigenvalue weighted by Crippen LogP contribution is -2.62. The molecule has 0 spiro atoms. The summed E-state index contributed by atoms with van der Waals surface area (Å²) in [7, 11) is 6.09. The molecule has 16 amide bonds. The number of nitrogens with zero attached hydrogens (tertiary/aromatic N) is 5. The molecule has 702 valence electrons. The second-order valence-corrected chi connectivity index (χ2v) is 34.3. The molecular formula is C92H114F3N17O18S. The van der Waals surface area contributed by atoms with Crippen LogP contribution < -0.4 is 59.3 Å². The second kappa shape index (κ2) is 47.4. The predicted octanol–water partition coefficient (Wildman–Crippen LogP) is 1.75. The molecule has 7 aromatic rings. The van der Waals surface area contributed by atoms with Crippen LogP contribution in [0.5, 0.6) is 11.5 Å². The number of H-pyrrole nitrogens is 1. The van der Waals surface area contributed by atoms with Crippen molar-refractivity contribution >= 4 is 117 Å². The molecule has 1 fully saturated rings. The van der Waals surface area contributed by atoms with Gasteiger partial charge in [-0.3, -0.25) is 76.7 Å². The number of fused-ring (bicyclic) bond motifs is 1. The Bertz CT molecular complexity index is 5270. The number of halogens is 3. The van der Waals surface area contributed by atoms with Gasteiger partial charge >= 0.3 is 0 Å². The Labute approximate surface area is 760 Å². The summed E-state index contributed by atoms with van der Waals surface area (Å²) in [4.78, 5) is 243. The standard InChI is InChI=1S/C92H114F3N17O18S/c1-49(2)35-66-83(121)106-72(82(120)99-46-76(97)116)47-131-48-77(117)100-70(40-58-36-63(93)78(95)64(94)37-58)90(128)112(12)74(42-55-23-17-14-18-24-55)91(129)110(10)53(7)88(126)108(8)51(5)80(118)102-69(44-75(96)115)86(124)107-79(50(3)4)92(130)111(11)73(41-54-21-15-13-16-22-54)87(125)105-71(39-57-29-33-61(114)34-30-57)89(127)109(9)52(6)81(119)101-68(43-59-45-98-65-26-20-19-25-62(59)65)85(123)104-67(84(122)103-66)38-56-27-31-60(113)32-28-56/h13-34,36-37,45,49-53,66-74,79,98,113-114H,35,38-44,46-48H2,1-12H3,(H2,96,115)(H2,97,116)(H,99,120)(H,100,117)(H,101,119)(H,102,118)(H,103,122)(H,104,123)(H,105,125)(H,106,121)(H,107,124)/t51-,52-,53+,66+,67+,68+,69+,70-,71-,72+,73+,74+,79+/m1/s1. The minimum absolute atomic E-state index is 0.152. The van der Waals surface area contributed by atoms with Gasteiger partial charge in [0.05, 0.1) is 18.7 Å². The van der Waals surface area contributed by atoms with E-state index in [2.05, 4.69) is 52.8 Å². The lowest BCUT2D eigenvalue weighted by molar-refractivity contribution is -0.151. The van der Waals surface area contributed by atoms with Gasteiger partial charge in [0, 0.05) is 96.6 Å². The van der Waals surface area contributed by atoms with Crippen LogP contribution in [0.2, 0.25) is 0 Å². The summed E-state index contributed by atoms with van der Waals surface area (Å²) >= 11 is 0.665. The van der Waals surface area contributed by atoms with Crippen LogP contribution in [-0.2, 0) is 115 Å². The van der Waals surface area contributed by atoms with E-state index < -0.39 is 233 Å². The number of primary amides is 2. The lowest BCUT2D eigenvalue weighted by Gasteiger charge is -2.36. The molecule has 1 aromatic heterocycles. The summed E-state index contributed by atoms with van der Waals surface area (Å²) in [6.07, 6.45) is -1.70. The molecule has 35 nitrogen and oxygen atoms in total. The monoisotopic (exact) mass is 1830 g/mol. The van der Waals surface area contributed by atoms with Crippen LogP contribution in [0.3, 0.4) is 0 Å². The quantitative estimate of drug-likeness (QED) is 0.0483. The number of rotatable bonds is 20. The summed E-state index contributed by atoms with van der Waals surface area (Å²) in [6, 6.07) is 14.7. The van der Waals surface area contributed by atoms with Crippen LogP contribution in [-0.4, -0.2) is 266 Å². The molecule has 8 rings (SSSR count). The average molecular weight is 1840 g/mol. The van der Waals surface area contributed by atoms with Gasteiger partial charge in [-0.25, -0.2) is 13.2 Å². The molecule has 1 aliphatic heterocycles. The van der Waals surface area contributed by atoms with Crippen molar-refractivity contribution in [3.63, 3.8) is 0 Å². The van der Waals surface area contributed by atoms with E-state index in [0.29, 0.717) is 62.6 Å². The Balaban J connectivity index is 1.23. The fourth-order valence-corrected chi connectivity index (χ4v) is 15.5. The minimum atomic E-state index is -1.87. The van der Waals surface area contributed by atoms with Crippen LogP contribution >= 0.6 is 11.8 Å². The first-order valence-corrected chi connectivity index (χ1v) is 43.6. The number of phenolic OH excluding ortho intramolecular Hbond substituents is 2. The van der Waals surface area contributed by atoms with Gasteiger partial charge < -0.3 is 99.0 Å². The molecule has 0 radical (unpaired) electrons. The van der Waals surface area contributed by atoms with Crippen LogP contribution in [0.4, 0.5) is 13.2 Å². The highest BCUT2D eigenvalue weighted by Gasteiger charge is 2.43. The Hall–Kier alpha value is -13.9. The number of carbonyl (C=O) groups excluding carboxylic acids is 16. The van der Waals surface area contributed by atoms with Crippen molar-refractivity contribution in [1.29, 1.82) is 0 Å². The zero-order valence-electron chi connectivity index (χ0n) is 74.7. The molecule has 13 atom stereocenters. The molecule has 1 saturated heterocycles. The van der Waals surface area contributed by atoms with Crippen LogP contribution in [0.25, 0.3) is 10.9 Å². The molecule has 0 aliphatic carbocycles. The van der Waals surface area contributed by atoms with Crippen molar-refractivity contribution in [3.05, 3.63) is 203 Å². The molecular weight excluding hydrogens is 1720 g/mol. The minimum Gasteiger partial charge on any atom is -0.508 e. The highest BCUT2D eigenvalue weighted by atomic mass is 32.2. The second-order valence-electron chi connectivity index (χ2n) is 33.3. The highest BCUT2D eigenvalue weighted by Crippen LogP contribution is 2.25. The average Bonchev–Trinajstić information content (AvgIpc) is 1.45. The molecule has 16 N–H and O–H groups in total. The van der Waals surface area contributed by atoms with Gasteiger partial charge in [-0.15, -0.1) is 11.8 Å². The molecule has 6 aromatic carbocycles. The number of hydrogen-bond donors (Lipinski definition) is 14. The van der Waals surface area contributed by atoms with Crippen molar-refractivity contribution < 1.29 is 100 Å². The van der Waals surface area contributed by atoms with Crippen molar-refractivity contribution in [2.24, 2.45) is 23.3 Å². The number of carbonyl (C=O) groups is 16. The number of benzene rings is 6. The normalized spacial score (nSPS) is 22.9. The first-order chi connectivity index (χ1) is 61.9. The number of aromatic hydroxyl groups is 2. The molecule has 0 unspecified atom stereocenters. The van der Waals surface area contributed by atoms with E-state index in [0.717, 1.165) is 31.5 Å². The van der Waals surface area contributed by atoms with E-state index in [9.17, 15) is 53.0 Å². The number of amides is 16. The van der Waals surface area contributed by atoms with E-state index in [1.807, 2.05) is 0 Å². The fraction of sp³-hybridized carbons (Fsp3) is 0.413. The van der Waals surface area contributed by atoms with Gasteiger partial charge in [0.25, 0.3) is 0 Å². The molecule has 0 saturated carbocycles. The van der Waals surface area contributed by atoms with Gasteiger partial charge in [-0.1, -0.05) is 131 Å². The maximum absolute atomic E-state index is 15.5. The van der Waals surface area contributed by atoms with Crippen molar-refractivity contribution in [1.82, 2.24) is 77.3 Å². The van der Waals surface area contributed by atoms with Gasteiger partial charge in [-0.2, -0.15) is 0 Å². The lowest BCUT2D eigenvalue weighted by atomic mass is 9.98. The molecule has 2 heterocycles. The molecule has 1 aliphatic rings. The molecule has 0 bridgehead atoms. The number of phenols is 2. The smallest absolute Gasteiger partial charge is 0.246 e. The van der Waals surface area contributed by atoms with Gasteiger partial charge in [0.1, 0.15) is 90.0 Å². The first kappa shape index (κ1) is 103. The number of thioether (sulfide) groups is 1. The Morgan fingerprint density at radius 3 is 1.42 bits per heavy atom. The molecule has 39 heteroatoms. The number of aromatic amines is 1. The topological polar surface area (TPSA) is 506 Å². The summed E-state index contributed by atoms with van der Waals surface area (Å²) in [5.74, 6) is -24.0. The third-order valence-corrected chi connectivity index (χ3v) is 23.7. The summed E-state index contributed by atoms with van der Waals surface area (Å²) in [5, 5.41) is 44.9. The van der Waals surface area contributed by atoms with Crippen molar-refractivity contribution in [2.45, 2.75) is 178 Å². The van der Waals surface area contributed by atoms with Crippen LogP contribution in [0.15, 0.2) is 152 Å². The number of likely N-dealkylation sites (N-methyl/N-ethyl adjacent to an activating group) is 5. The molecule has 131 heavy (non-hydrogen) atoms. The highest BCUT2D eigenvalue weighted by molar-refractivity contribution is 8.00. The summed E-state index contributed by atoms with van der Waals surface area (Å²) in [6.45, 7) is 9.60. The number of aromatic nitrogens is 1. The SMILES string of the molecule is CC(C)C[C@@H]1NC(=O)[C@H](Cc2ccc(O)cc2)NC(=O)[C@H](Cc2c[nH]c3ccccc23)NC(=O)[C@@H](C)N(C)C(=O)[C@@H](Cc2ccc(O)cc2)NC(=O)[C@H](Cc2ccccc2)N(C)C(=O)[C@H](C(C)C)NC(=O)[C@H](CC(N)=O)NC(=O)[C@@H](C)N(C)C(=O)[C@H](C)N(C)C(=O)[C@H](Cc2ccccc2)N(C)C(=O)[C@@H](Cc2cc(F)c(F)c(F)c2)NC(=O)CSC[C@@H](C(=O)NCC(N)=O)NC1=O. The van der Waals surface area contributed by atoms with E-state index in [4.69, 9.17) is 11.5 Å². The van der Waals surface area contributed by atoms with Crippen molar-refractivity contribution in [3.8, 4) is 11.5 Å². The summed E-state index contributed by atoms with van der Waals surface area (Å²) in [5.41, 5.74) is 13.5. The van der Waals surface area contributed by atoms with E-state index in [-0.39, 0.29) is 55.6 Å². The number of nitrogens with two attached hydrogens (primary N) is 2. The zero-order chi connectivity index (χ0) is 96.5. The predicted molar refractivity (Wildman–Crippen MR) is 479 cm³/mol. The van der Waals surface area contributed by atoms with E-state index in [1.165, 1.54) is 97.5 Å². The number of para-hydroxylation sites is 1. The maximum atomic E-state index is 15.5. The Morgan fingerprint density at radius 2 is 0.878 bits per heavy atom. The maximum Gasteiger partial charge on any atom is 0.246 e. The largest absolute Gasteiger partial charge is 0.508 e. The fourth-order valence-electron chi connectivity index (χ4n) is 14.7. The number of hydrogen-bond acceptors (Lipinski definition) is 19. The van der Waals surface area contributed by atoms with Gasteiger partial charge in [-0.05, 0) is 115 Å². The zero-order valence-corrected chi connectivity index (χ0v) is 75.5. The Kier molecular flexibility index (Phi) is 37.1. The summed E-state index contributed by atoms with van der Waals surface area (Å²) < 4.78 is 44.8. The van der Waals surface area contributed by atoms with Gasteiger partial charge in [0.2, 0.25) is 94.5 Å². The van der Waals surface area contributed by atoms with E-state index >= 15 is 47.1 Å². The van der Waals surface area contributed by atoms with Gasteiger partial charge in [0.15, 0.2) is 17.5 Å². The van der Waals surface area contributed by atoms with Crippen LogP contribution in [0, 0.1) is 29.3 Å². The van der Waals surface area contributed by atoms with Crippen molar-refractivity contribution in [2.75, 3.05) is 53.3 Å².